The van der Waals surface area contributed by atoms with Gasteiger partial charge in [-0.2, -0.15) is 0 Å². The van der Waals surface area contributed by atoms with Gasteiger partial charge in [0, 0.05) is 12.6 Å². The zero-order valence-electron chi connectivity index (χ0n) is 10.9. The highest BCUT2D eigenvalue weighted by Gasteiger charge is 2.25. The molecule has 1 aliphatic heterocycles. The molecule has 0 amide bonds. The number of rotatable bonds is 3. The van der Waals surface area contributed by atoms with Gasteiger partial charge < -0.3 is 0 Å². The minimum absolute atomic E-state index is 0.634. The molecule has 0 aromatic carbocycles. The van der Waals surface area contributed by atoms with Crippen molar-refractivity contribution in [2.24, 2.45) is 5.92 Å². The van der Waals surface area contributed by atoms with E-state index in [2.05, 4.69) is 51.8 Å². The molecule has 0 bridgehead atoms. The third-order valence-corrected chi connectivity index (χ3v) is 3.35. The summed E-state index contributed by atoms with van der Waals surface area (Å²) in [6.07, 6.45) is 6.96. The van der Waals surface area contributed by atoms with E-state index in [0.29, 0.717) is 12.0 Å². The van der Waals surface area contributed by atoms with Crippen molar-refractivity contribution in [3.05, 3.63) is 23.3 Å². The van der Waals surface area contributed by atoms with Crippen molar-refractivity contribution in [2.45, 2.75) is 46.6 Å². The van der Waals surface area contributed by atoms with Crippen LogP contribution in [0.2, 0.25) is 0 Å². The van der Waals surface area contributed by atoms with E-state index in [9.17, 15) is 0 Å². The molecule has 0 aromatic heterocycles. The van der Waals surface area contributed by atoms with Crippen LogP contribution in [0.5, 0.6) is 0 Å². The zero-order chi connectivity index (χ0) is 11.4. The molecular weight excluding hydrogens is 182 g/mol. The third kappa shape index (κ3) is 2.94. The van der Waals surface area contributed by atoms with Gasteiger partial charge in [0.2, 0.25) is 0 Å². The van der Waals surface area contributed by atoms with Gasteiger partial charge in [0.25, 0.3) is 0 Å². The Labute approximate surface area is 94.9 Å². The van der Waals surface area contributed by atoms with Crippen molar-refractivity contribution in [1.82, 2.24) is 4.90 Å². The van der Waals surface area contributed by atoms with Crippen LogP contribution in [0.15, 0.2) is 23.3 Å². The number of allylic oxidation sites excluding steroid dienone is 2. The maximum Gasteiger partial charge on any atom is 0.0330 e. The van der Waals surface area contributed by atoms with Crippen LogP contribution < -0.4 is 0 Å². The molecule has 1 heteroatoms. The summed E-state index contributed by atoms with van der Waals surface area (Å²) in [6, 6.07) is 0.634. The molecule has 0 saturated heterocycles. The molecule has 0 aliphatic carbocycles. The Bertz CT molecular complexity index is 261. The number of hydrogen-bond donors (Lipinski definition) is 0. The quantitative estimate of drug-likeness (QED) is 0.683. The maximum absolute atomic E-state index is 2.49. The van der Waals surface area contributed by atoms with Crippen LogP contribution in [0.3, 0.4) is 0 Å². The van der Waals surface area contributed by atoms with E-state index in [1.807, 2.05) is 0 Å². The molecule has 1 heterocycles. The summed E-state index contributed by atoms with van der Waals surface area (Å²) < 4.78 is 0. The second kappa shape index (κ2) is 5.50. The van der Waals surface area contributed by atoms with Crippen LogP contribution in [-0.4, -0.2) is 24.5 Å². The molecule has 0 saturated carbocycles. The Morgan fingerprint density at radius 2 is 2.13 bits per heavy atom. The number of likely N-dealkylation sites (N-methyl/N-ethyl adjacent to an activating group) is 1. The Balaban J connectivity index is 2.90. The molecule has 1 atom stereocenters. The van der Waals surface area contributed by atoms with E-state index >= 15 is 0 Å². The lowest BCUT2D eigenvalue weighted by Crippen LogP contribution is -2.41. The largest absolute Gasteiger partial charge is 0.299 e. The minimum Gasteiger partial charge on any atom is -0.299 e. The summed E-state index contributed by atoms with van der Waals surface area (Å²) in [5.41, 5.74) is 3.14. The lowest BCUT2D eigenvalue weighted by atomic mass is 9.87. The standard InChI is InChI=1S/C14H25N/c1-6-7-8-13-9-10-15(5)14(11(2)3)12(13)4/h7-8,11,14H,6,9-10H2,1-5H3/b8-7-. The smallest absolute Gasteiger partial charge is 0.0330 e. The van der Waals surface area contributed by atoms with E-state index in [4.69, 9.17) is 0 Å². The highest BCUT2D eigenvalue weighted by Crippen LogP contribution is 2.28. The monoisotopic (exact) mass is 207 g/mol. The van der Waals surface area contributed by atoms with E-state index in [0.717, 1.165) is 6.42 Å². The van der Waals surface area contributed by atoms with Gasteiger partial charge in [0.15, 0.2) is 0 Å². The first-order valence-electron chi connectivity index (χ1n) is 6.14. The van der Waals surface area contributed by atoms with Crippen molar-refractivity contribution in [2.75, 3.05) is 13.6 Å². The number of hydrogen-bond acceptors (Lipinski definition) is 1. The first kappa shape index (κ1) is 12.5. The van der Waals surface area contributed by atoms with Crippen LogP contribution in [0, 0.1) is 5.92 Å². The van der Waals surface area contributed by atoms with Crippen LogP contribution in [-0.2, 0) is 0 Å². The Hall–Kier alpha value is -0.560. The van der Waals surface area contributed by atoms with E-state index in [1.165, 1.54) is 13.0 Å². The fraction of sp³-hybridized carbons (Fsp3) is 0.714. The second-order valence-electron chi connectivity index (χ2n) is 4.94. The summed E-state index contributed by atoms with van der Waals surface area (Å²) in [4.78, 5) is 2.49. The van der Waals surface area contributed by atoms with Gasteiger partial charge in [0.05, 0.1) is 0 Å². The molecule has 0 spiro atoms. The van der Waals surface area contributed by atoms with Gasteiger partial charge in [-0.1, -0.05) is 38.5 Å². The van der Waals surface area contributed by atoms with Crippen LogP contribution in [0.4, 0.5) is 0 Å². The van der Waals surface area contributed by atoms with Gasteiger partial charge >= 0.3 is 0 Å². The van der Waals surface area contributed by atoms with Gasteiger partial charge in [-0.25, -0.2) is 0 Å². The Morgan fingerprint density at radius 1 is 1.47 bits per heavy atom. The van der Waals surface area contributed by atoms with Crippen molar-refractivity contribution in [1.29, 1.82) is 0 Å². The Morgan fingerprint density at radius 3 is 2.67 bits per heavy atom. The predicted octanol–water partition coefficient (Wildman–Crippen LogP) is 3.63. The van der Waals surface area contributed by atoms with E-state index in [-0.39, 0.29) is 0 Å². The molecule has 86 valence electrons. The van der Waals surface area contributed by atoms with Crippen molar-refractivity contribution in [3.8, 4) is 0 Å². The lowest BCUT2D eigenvalue weighted by Gasteiger charge is -2.37. The lowest BCUT2D eigenvalue weighted by molar-refractivity contribution is 0.211. The third-order valence-electron chi connectivity index (χ3n) is 3.35. The van der Waals surface area contributed by atoms with Gasteiger partial charge in [-0.15, -0.1) is 0 Å². The topological polar surface area (TPSA) is 3.24 Å². The maximum atomic E-state index is 2.49. The first-order chi connectivity index (χ1) is 7.07. The molecule has 15 heavy (non-hydrogen) atoms. The normalized spacial score (nSPS) is 24.5. The van der Waals surface area contributed by atoms with E-state index in [1.54, 1.807) is 11.1 Å². The molecule has 0 aromatic rings. The molecule has 1 aliphatic rings. The van der Waals surface area contributed by atoms with Gasteiger partial charge in [-0.05, 0) is 38.3 Å². The molecule has 1 rings (SSSR count). The van der Waals surface area contributed by atoms with Crippen LogP contribution in [0.1, 0.15) is 40.5 Å². The molecule has 0 radical (unpaired) electrons. The second-order valence-corrected chi connectivity index (χ2v) is 4.94. The van der Waals surface area contributed by atoms with E-state index < -0.39 is 0 Å². The first-order valence-corrected chi connectivity index (χ1v) is 6.14. The molecule has 0 fully saturated rings. The average Bonchev–Trinajstić information content (AvgIpc) is 2.16. The van der Waals surface area contributed by atoms with Crippen molar-refractivity contribution in [3.63, 3.8) is 0 Å². The molecule has 1 nitrogen and oxygen atoms in total. The van der Waals surface area contributed by atoms with Gasteiger partial charge in [-0.3, -0.25) is 4.90 Å². The molecule has 1 unspecified atom stereocenters. The minimum atomic E-state index is 0.634. The Kier molecular flexibility index (Phi) is 4.59. The van der Waals surface area contributed by atoms with Crippen LogP contribution in [0.25, 0.3) is 0 Å². The summed E-state index contributed by atoms with van der Waals surface area (Å²) in [5.74, 6) is 0.709. The SMILES string of the molecule is CC/C=C\C1=C(C)C(C(C)C)N(C)CC1. The molecule has 0 N–H and O–H groups in total. The van der Waals surface area contributed by atoms with Crippen molar-refractivity contribution < 1.29 is 0 Å². The van der Waals surface area contributed by atoms with Crippen molar-refractivity contribution >= 4 is 0 Å². The predicted molar refractivity (Wildman–Crippen MR) is 68.0 cm³/mol. The fourth-order valence-corrected chi connectivity index (χ4v) is 2.64. The van der Waals surface area contributed by atoms with Gasteiger partial charge in [0.1, 0.15) is 0 Å². The highest BCUT2D eigenvalue weighted by molar-refractivity contribution is 5.30. The highest BCUT2D eigenvalue weighted by atomic mass is 15.1. The fourth-order valence-electron chi connectivity index (χ4n) is 2.64. The number of nitrogens with zero attached hydrogens (tertiary/aromatic N) is 1. The zero-order valence-corrected chi connectivity index (χ0v) is 10.9. The summed E-state index contributed by atoms with van der Waals surface area (Å²) in [7, 11) is 2.24. The average molecular weight is 207 g/mol. The summed E-state index contributed by atoms with van der Waals surface area (Å²) >= 11 is 0. The molecular formula is C14H25N. The summed E-state index contributed by atoms with van der Waals surface area (Å²) in [6.45, 7) is 10.3. The summed E-state index contributed by atoms with van der Waals surface area (Å²) in [5, 5.41) is 0. The van der Waals surface area contributed by atoms with Crippen LogP contribution >= 0.6 is 0 Å².